The number of aliphatic hydroxyl groups excluding tert-OH is 4. The molecule has 5 atom stereocenters. The molecule has 25 heavy (non-hydrogen) atoms. The molecule has 2 heterocycles. The van der Waals surface area contributed by atoms with Crippen molar-refractivity contribution in [2.45, 2.75) is 50.3 Å². The number of aliphatic hydroxyl groups is 4. The second-order valence-electron chi connectivity index (χ2n) is 6.39. The van der Waals surface area contributed by atoms with Gasteiger partial charge in [0.15, 0.2) is 0 Å². The maximum atomic E-state index is 10.3. The molecule has 1 fully saturated rings. The first-order valence-electron chi connectivity index (χ1n) is 8.50. The molecule has 1 aromatic carbocycles. The van der Waals surface area contributed by atoms with Gasteiger partial charge in [0, 0.05) is 16.2 Å². The second-order valence-corrected chi connectivity index (χ2v) is 7.65. The molecule has 3 rings (SSSR count). The van der Waals surface area contributed by atoms with Crippen molar-refractivity contribution < 1.29 is 25.2 Å². The molecule has 0 radical (unpaired) electrons. The van der Waals surface area contributed by atoms with Crippen LogP contribution in [0.5, 0.6) is 0 Å². The largest absolute Gasteiger partial charge is 0.394 e. The van der Waals surface area contributed by atoms with Crippen molar-refractivity contribution in [1.82, 2.24) is 0 Å². The van der Waals surface area contributed by atoms with Gasteiger partial charge in [-0.05, 0) is 29.7 Å². The Balaban J connectivity index is 1.80. The first kappa shape index (κ1) is 18.5. The highest BCUT2D eigenvalue weighted by Crippen LogP contribution is 2.33. The molecule has 2 unspecified atom stereocenters. The Morgan fingerprint density at radius 3 is 2.44 bits per heavy atom. The van der Waals surface area contributed by atoms with E-state index in [0.717, 1.165) is 24.0 Å². The molecule has 0 bridgehead atoms. The van der Waals surface area contributed by atoms with Crippen molar-refractivity contribution >= 4 is 11.3 Å². The molecule has 6 heteroatoms. The zero-order chi connectivity index (χ0) is 18.0. The molecule has 2 aromatic rings. The molecular formula is C19H24O5S. The average molecular weight is 364 g/mol. The maximum Gasteiger partial charge on any atom is 0.113 e. The summed E-state index contributed by atoms with van der Waals surface area (Å²) in [5.74, 6) is 0. The van der Waals surface area contributed by atoms with Gasteiger partial charge in [0.25, 0.3) is 0 Å². The number of hydrogen-bond donors (Lipinski definition) is 4. The molecule has 1 saturated heterocycles. The van der Waals surface area contributed by atoms with Gasteiger partial charge in [-0.1, -0.05) is 31.2 Å². The Bertz CT molecular complexity index is 699. The summed E-state index contributed by atoms with van der Waals surface area (Å²) >= 11 is 1.79. The Labute approximate surface area is 151 Å². The van der Waals surface area contributed by atoms with E-state index in [-0.39, 0.29) is 0 Å². The fraction of sp³-hybridized carbons (Fsp3) is 0.474. The van der Waals surface area contributed by atoms with Gasteiger partial charge in [0.05, 0.1) is 6.61 Å². The predicted molar refractivity (Wildman–Crippen MR) is 95.7 cm³/mol. The van der Waals surface area contributed by atoms with E-state index in [1.54, 1.807) is 11.3 Å². The Morgan fingerprint density at radius 2 is 1.76 bits per heavy atom. The molecule has 4 N–H and O–H groups in total. The van der Waals surface area contributed by atoms with Crippen LogP contribution in [0, 0.1) is 0 Å². The van der Waals surface area contributed by atoms with E-state index in [1.165, 1.54) is 9.75 Å². The van der Waals surface area contributed by atoms with E-state index in [0.29, 0.717) is 0 Å². The van der Waals surface area contributed by atoms with Gasteiger partial charge < -0.3 is 25.2 Å². The highest BCUT2D eigenvalue weighted by molar-refractivity contribution is 7.12. The topological polar surface area (TPSA) is 90.2 Å². The van der Waals surface area contributed by atoms with Gasteiger partial charge >= 0.3 is 0 Å². The lowest BCUT2D eigenvalue weighted by Crippen LogP contribution is -2.55. The standard InChI is InChI=1S/C19H24O5S/c1-2-13-6-7-14(25-13)9-11-4-3-5-12(8-11)19-18(23)17(22)16(21)15(10-20)24-19/h3-8,15-23H,2,9-10H2,1H3/t15-,16-,17?,18-,19?/m1/s1. The fourth-order valence-corrected chi connectivity index (χ4v) is 4.16. The Hall–Kier alpha value is -1.28. The van der Waals surface area contributed by atoms with Crippen LogP contribution in [0.1, 0.15) is 33.9 Å². The minimum absolute atomic E-state index is 0.421. The number of aryl methyl sites for hydroxylation is 1. The fourth-order valence-electron chi connectivity index (χ4n) is 3.17. The molecule has 0 amide bonds. The normalized spacial score (nSPS) is 29.7. The lowest BCUT2D eigenvalue weighted by atomic mass is 9.90. The van der Waals surface area contributed by atoms with E-state index in [9.17, 15) is 20.4 Å². The van der Waals surface area contributed by atoms with Crippen molar-refractivity contribution in [2.75, 3.05) is 6.61 Å². The molecule has 1 aromatic heterocycles. The number of benzene rings is 1. The highest BCUT2D eigenvalue weighted by atomic mass is 32.1. The van der Waals surface area contributed by atoms with Crippen LogP contribution in [0.15, 0.2) is 36.4 Å². The minimum Gasteiger partial charge on any atom is -0.394 e. The molecule has 0 spiro atoms. The van der Waals surface area contributed by atoms with Gasteiger partial charge in [0.2, 0.25) is 0 Å². The lowest BCUT2D eigenvalue weighted by molar-refractivity contribution is -0.231. The summed E-state index contributed by atoms with van der Waals surface area (Å²) in [6.45, 7) is 1.71. The summed E-state index contributed by atoms with van der Waals surface area (Å²) in [6, 6.07) is 11.9. The van der Waals surface area contributed by atoms with E-state index in [2.05, 4.69) is 19.1 Å². The quantitative estimate of drug-likeness (QED) is 0.644. The van der Waals surface area contributed by atoms with Gasteiger partial charge in [0.1, 0.15) is 30.5 Å². The van der Waals surface area contributed by atoms with Crippen LogP contribution in [0.3, 0.4) is 0 Å². The lowest BCUT2D eigenvalue weighted by Gasteiger charge is -2.40. The third-order valence-electron chi connectivity index (χ3n) is 4.62. The smallest absolute Gasteiger partial charge is 0.113 e. The highest BCUT2D eigenvalue weighted by Gasteiger charge is 2.43. The summed E-state index contributed by atoms with van der Waals surface area (Å²) in [6.07, 6.45) is -3.81. The van der Waals surface area contributed by atoms with Crippen LogP contribution in [0.25, 0.3) is 0 Å². The maximum absolute atomic E-state index is 10.3. The molecule has 136 valence electrons. The zero-order valence-electron chi connectivity index (χ0n) is 14.1. The van der Waals surface area contributed by atoms with E-state index < -0.39 is 37.1 Å². The van der Waals surface area contributed by atoms with E-state index >= 15 is 0 Å². The molecule has 1 aliphatic heterocycles. The first-order chi connectivity index (χ1) is 12.0. The molecule has 0 saturated carbocycles. The Morgan fingerprint density at radius 1 is 1.00 bits per heavy atom. The van der Waals surface area contributed by atoms with Crippen molar-refractivity contribution in [3.8, 4) is 0 Å². The van der Waals surface area contributed by atoms with Crippen LogP contribution in [0.2, 0.25) is 0 Å². The van der Waals surface area contributed by atoms with Crippen molar-refractivity contribution in [3.63, 3.8) is 0 Å². The van der Waals surface area contributed by atoms with Gasteiger partial charge in [-0.3, -0.25) is 0 Å². The third kappa shape index (κ3) is 3.95. The second kappa shape index (κ2) is 7.95. The minimum atomic E-state index is -1.36. The van der Waals surface area contributed by atoms with Crippen molar-refractivity contribution in [3.05, 3.63) is 57.3 Å². The summed E-state index contributed by atoms with van der Waals surface area (Å²) in [4.78, 5) is 2.61. The molecule has 0 aliphatic carbocycles. The van der Waals surface area contributed by atoms with E-state index in [4.69, 9.17) is 4.74 Å². The SMILES string of the molecule is CCc1ccc(Cc2cccc(C3O[C@H](CO)[C@@H](O)C(O)[C@H]3O)c2)s1. The summed E-state index contributed by atoms with van der Waals surface area (Å²) in [5.41, 5.74) is 1.81. The number of hydrogen-bond acceptors (Lipinski definition) is 6. The summed E-state index contributed by atoms with van der Waals surface area (Å²) in [7, 11) is 0. The molecule has 1 aliphatic rings. The van der Waals surface area contributed by atoms with Gasteiger partial charge in [-0.2, -0.15) is 0 Å². The van der Waals surface area contributed by atoms with Gasteiger partial charge in [-0.25, -0.2) is 0 Å². The molecular weight excluding hydrogens is 340 g/mol. The van der Waals surface area contributed by atoms with Crippen molar-refractivity contribution in [1.29, 1.82) is 0 Å². The monoisotopic (exact) mass is 364 g/mol. The zero-order valence-corrected chi connectivity index (χ0v) is 14.9. The van der Waals surface area contributed by atoms with Crippen LogP contribution in [0.4, 0.5) is 0 Å². The van der Waals surface area contributed by atoms with Gasteiger partial charge in [-0.15, -0.1) is 11.3 Å². The molecule has 5 nitrogen and oxygen atoms in total. The van der Waals surface area contributed by atoms with Crippen LogP contribution in [-0.4, -0.2) is 51.4 Å². The van der Waals surface area contributed by atoms with Crippen molar-refractivity contribution in [2.24, 2.45) is 0 Å². The summed E-state index contributed by atoms with van der Waals surface area (Å²) < 4.78 is 5.64. The third-order valence-corrected chi connectivity index (χ3v) is 5.85. The van der Waals surface area contributed by atoms with Crippen LogP contribution >= 0.6 is 11.3 Å². The Kier molecular flexibility index (Phi) is 5.89. The van der Waals surface area contributed by atoms with E-state index in [1.807, 2.05) is 24.3 Å². The number of thiophene rings is 1. The number of ether oxygens (including phenoxy) is 1. The summed E-state index contributed by atoms with van der Waals surface area (Å²) in [5, 5.41) is 39.5. The van der Waals surface area contributed by atoms with Crippen LogP contribution in [-0.2, 0) is 17.6 Å². The van der Waals surface area contributed by atoms with Crippen LogP contribution < -0.4 is 0 Å². The first-order valence-corrected chi connectivity index (χ1v) is 9.32. The average Bonchev–Trinajstić information content (AvgIpc) is 3.08. The number of rotatable bonds is 5. The predicted octanol–water partition coefficient (Wildman–Crippen LogP) is 1.42.